The third-order valence-electron chi connectivity index (χ3n) is 4.20. The van der Waals surface area contributed by atoms with E-state index < -0.39 is 0 Å². The van der Waals surface area contributed by atoms with E-state index in [9.17, 15) is 0 Å². The van der Waals surface area contributed by atoms with Crippen LogP contribution in [0.3, 0.4) is 0 Å². The van der Waals surface area contributed by atoms with Crippen molar-refractivity contribution in [2.45, 2.75) is 13.2 Å². The summed E-state index contributed by atoms with van der Waals surface area (Å²) in [5.74, 6) is 0.823. The fourth-order valence-electron chi connectivity index (χ4n) is 2.86. The highest BCUT2D eigenvalue weighted by atomic mass is 35.5. The maximum absolute atomic E-state index is 6.24. The normalized spacial score (nSPS) is 10.8. The van der Waals surface area contributed by atoms with Crippen LogP contribution >= 0.6 is 11.6 Å². The zero-order valence-corrected chi connectivity index (χ0v) is 14.7. The van der Waals surface area contributed by atoms with Crippen molar-refractivity contribution in [1.29, 1.82) is 0 Å². The molecule has 1 N–H and O–H groups in total. The first-order valence-corrected chi connectivity index (χ1v) is 8.64. The molecule has 0 aliphatic heterocycles. The minimum absolute atomic E-state index is 0.414. The molecule has 0 saturated carbocycles. The van der Waals surface area contributed by atoms with E-state index >= 15 is 0 Å². The van der Waals surface area contributed by atoms with Crippen molar-refractivity contribution in [3.63, 3.8) is 0 Å². The third-order valence-corrected chi connectivity index (χ3v) is 4.56. The zero-order valence-electron chi connectivity index (χ0n) is 14.0. The third kappa shape index (κ3) is 3.48. The number of hydrogen-bond donors (Lipinski definition) is 1. The zero-order chi connectivity index (χ0) is 17.8. The number of fused-ring (bicyclic) bond motifs is 1. The van der Waals surface area contributed by atoms with E-state index in [1.54, 1.807) is 17.3 Å². The number of halogens is 1. The second-order valence-electron chi connectivity index (χ2n) is 5.85. The van der Waals surface area contributed by atoms with Crippen LogP contribution < -0.4 is 10.2 Å². The van der Waals surface area contributed by atoms with Crippen molar-refractivity contribution in [2.24, 2.45) is 0 Å². The molecule has 0 unspecified atom stereocenters. The summed E-state index contributed by atoms with van der Waals surface area (Å²) in [4.78, 5) is 0. The molecule has 0 atom stereocenters. The van der Waals surface area contributed by atoms with Crippen LogP contribution in [0.2, 0.25) is 5.02 Å². The molecule has 4 aromatic rings. The van der Waals surface area contributed by atoms with Crippen molar-refractivity contribution >= 4 is 22.4 Å². The smallest absolute Gasteiger partial charge is 0.138 e. The summed E-state index contributed by atoms with van der Waals surface area (Å²) in [5.41, 5.74) is 5.30. The van der Waals surface area contributed by atoms with Crippen molar-refractivity contribution in [1.82, 2.24) is 14.9 Å². The predicted octanol–water partition coefficient (Wildman–Crippen LogP) is 4.41. The van der Waals surface area contributed by atoms with E-state index in [-0.39, 0.29) is 0 Å². The number of ether oxygens (including phenoxy) is 1. The lowest BCUT2D eigenvalue weighted by Crippen LogP contribution is -2.13. The van der Waals surface area contributed by atoms with E-state index in [1.807, 2.05) is 42.5 Å². The fraction of sp³-hybridized carbons (Fsp3) is 0.100. The summed E-state index contributed by atoms with van der Waals surface area (Å²) < 4.78 is 7.84. The van der Waals surface area contributed by atoms with Gasteiger partial charge in [-0.05, 0) is 22.9 Å². The van der Waals surface area contributed by atoms with E-state index in [0.717, 1.165) is 27.6 Å². The van der Waals surface area contributed by atoms with Crippen molar-refractivity contribution in [3.05, 3.63) is 89.5 Å². The van der Waals surface area contributed by atoms with Crippen LogP contribution in [0.25, 0.3) is 10.8 Å². The minimum atomic E-state index is 0.414. The van der Waals surface area contributed by atoms with Gasteiger partial charge in [0.15, 0.2) is 0 Å². The molecular formula is C20H17ClN4O. The number of aromatic nitrogens is 3. The highest BCUT2D eigenvalue weighted by Crippen LogP contribution is 2.29. The van der Waals surface area contributed by atoms with Gasteiger partial charge in [0.05, 0.1) is 6.54 Å². The highest BCUT2D eigenvalue weighted by molar-refractivity contribution is 6.31. The summed E-state index contributed by atoms with van der Waals surface area (Å²) in [6.45, 7) is 0.995. The molecule has 3 aromatic carbocycles. The Morgan fingerprint density at radius 3 is 2.54 bits per heavy atom. The van der Waals surface area contributed by atoms with Crippen LogP contribution in [-0.2, 0) is 13.2 Å². The van der Waals surface area contributed by atoms with Gasteiger partial charge in [-0.15, -0.1) is 10.2 Å². The maximum atomic E-state index is 6.24. The molecule has 130 valence electrons. The van der Waals surface area contributed by atoms with Gasteiger partial charge in [0.1, 0.15) is 25.0 Å². The maximum Gasteiger partial charge on any atom is 0.138 e. The Kier molecular flexibility index (Phi) is 4.71. The Labute approximate surface area is 156 Å². The largest absolute Gasteiger partial charge is 0.488 e. The fourth-order valence-corrected chi connectivity index (χ4v) is 3.05. The van der Waals surface area contributed by atoms with Crippen LogP contribution in [0.15, 0.2) is 73.3 Å². The summed E-state index contributed by atoms with van der Waals surface area (Å²) in [6, 6.07) is 20.0. The van der Waals surface area contributed by atoms with E-state index in [2.05, 4.69) is 33.8 Å². The lowest BCUT2D eigenvalue weighted by molar-refractivity contribution is 0.303. The Balaban J connectivity index is 1.64. The lowest BCUT2D eigenvalue weighted by Gasteiger charge is -2.16. The molecular weight excluding hydrogens is 348 g/mol. The predicted molar refractivity (Wildman–Crippen MR) is 103 cm³/mol. The molecule has 0 aliphatic rings. The van der Waals surface area contributed by atoms with Gasteiger partial charge in [-0.1, -0.05) is 60.1 Å². The lowest BCUT2D eigenvalue weighted by atomic mass is 10.0. The van der Waals surface area contributed by atoms with E-state index in [4.69, 9.17) is 16.3 Å². The molecule has 0 bridgehead atoms. The van der Waals surface area contributed by atoms with Gasteiger partial charge >= 0.3 is 0 Å². The Morgan fingerprint density at radius 2 is 1.69 bits per heavy atom. The highest BCUT2D eigenvalue weighted by Gasteiger charge is 2.10. The van der Waals surface area contributed by atoms with Gasteiger partial charge in [-0.2, -0.15) is 0 Å². The number of rotatable bonds is 6. The second kappa shape index (κ2) is 7.45. The average molecular weight is 365 g/mol. The molecule has 1 aromatic heterocycles. The molecule has 4 rings (SSSR count). The summed E-state index contributed by atoms with van der Waals surface area (Å²) in [5, 5.41) is 10.6. The SMILES string of the molecule is Clc1ccccc1COc1ccc2ccccc2c1CNn1cnnc1. The van der Waals surface area contributed by atoms with Crippen molar-refractivity contribution in [3.8, 4) is 5.75 Å². The number of nitrogens with zero attached hydrogens (tertiary/aromatic N) is 3. The molecule has 0 radical (unpaired) electrons. The summed E-state index contributed by atoms with van der Waals surface area (Å²) in [7, 11) is 0. The molecule has 0 fully saturated rings. The van der Waals surface area contributed by atoms with Gasteiger partial charge in [0, 0.05) is 16.1 Å². The molecule has 26 heavy (non-hydrogen) atoms. The van der Waals surface area contributed by atoms with Crippen LogP contribution in [0.4, 0.5) is 0 Å². The number of hydrogen-bond acceptors (Lipinski definition) is 4. The van der Waals surface area contributed by atoms with Crippen LogP contribution in [0, 0.1) is 0 Å². The van der Waals surface area contributed by atoms with Gasteiger partial charge in [0.25, 0.3) is 0 Å². The van der Waals surface area contributed by atoms with Crippen LogP contribution in [0.5, 0.6) is 5.75 Å². The molecule has 0 amide bonds. The Morgan fingerprint density at radius 1 is 0.923 bits per heavy atom. The van der Waals surface area contributed by atoms with E-state index in [0.29, 0.717) is 18.2 Å². The molecule has 0 spiro atoms. The summed E-state index contributed by atoms with van der Waals surface area (Å²) >= 11 is 6.24. The topological polar surface area (TPSA) is 52.0 Å². The van der Waals surface area contributed by atoms with Gasteiger partial charge in [0.2, 0.25) is 0 Å². The molecule has 0 saturated heterocycles. The van der Waals surface area contributed by atoms with Gasteiger partial charge < -0.3 is 10.2 Å². The number of benzene rings is 3. The minimum Gasteiger partial charge on any atom is -0.488 e. The monoisotopic (exact) mass is 364 g/mol. The van der Waals surface area contributed by atoms with Crippen LogP contribution in [0.1, 0.15) is 11.1 Å². The quantitative estimate of drug-likeness (QED) is 0.550. The molecule has 5 nitrogen and oxygen atoms in total. The Bertz CT molecular complexity index is 1020. The standard InChI is InChI=1S/C20H17ClN4O/c21-19-8-4-2-6-16(19)12-26-20-10-9-15-5-1-3-7-17(15)18(20)11-24-25-13-22-23-14-25/h1-10,13-14,24H,11-12H2. The van der Waals surface area contributed by atoms with Gasteiger partial charge in [-0.25, -0.2) is 4.68 Å². The van der Waals surface area contributed by atoms with Crippen molar-refractivity contribution in [2.75, 3.05) is 5.43 Å². The van der Waals surface area contributed by atoms with Crippen molar-refractivity contribution < 1.29 is 4.74 Å². The number of nitrogens with one attached hydrogen (secondary N) is 1. The summed E-state index contributed by atoms with van der Waals surface area (Å²) in [6.07, 6.45) is 3.24. The molecule has 6 heteroatoms. The van der Waals surface area contributed by atoms with E-state index in [1.165, 1.54) is 0 Å². The first-order valence-electron chi connectivity index (χ1n) is 8.26. The Hall–Kier alpha value is -3.05. The van der Waals surface area contributed by atoms with Crippen LogP contribution in [-0.4, -0.2) is 14.9 Å². The molecule has 1 heterocycles. The van der Waals surface area contributed by atoms with Gasteiger partial charge in [-0.3, -0.25) is 0 Å². The second-order valence-corrected chi connectivity index (χ2v) is 6.25. The average Bonchev–Trinajstić information content (AvgIpc) is 3.19. The first kappa shape index (κ1) is 16.4. The first-order chi connectivity index (χ1) is 12.8. The molecule has 0 aliphatic carbocycles.